The third-order valence-electron chi connectivity index (χ3n) is 4.02. The molecule has 1 aromatic rings. The molecule has 1 fully saturated rings. The number of hydrogen-bond acceptors (Lipinski definition) is 2. The molecule has 1 aliphatic carbocycles. The van der Waals surface area contributed by atoms with E-state index < -0.39 is 11.6 Å². The highest BCUT2D eigenvalue weighted by Crippen LogP contribution is 2.42. The van der Waals surface area contributed by atoms with Gasteiger partial charge in [0, 0.05) is 36.7 Å². The van der Waals surface area contributed by atoms with Gasteiger partial charge in [-0.05, 0) is 12.5 Å². The van der Waals surface area contributed by atoms with Gasteiger partial charge < -0.3 is 10.1 Å². The van der Waals surface area contributed by atoms with Crippen molar-refractivity contribution in [1.29, 1.82) is 0 Å². The minimum atomic E-state index is -0.542. The molecule has 2 rings (SSSR count). The highest BCUT2D eigenvalue weighted by atomic mass is 19.1. The van der Waals surface area contributed by atoms with Gasteiger partial charge in [0.15, 0.2) is 0 Å². The Bertz CT molecular complexity index is 434. The second-order valence-corrected chi connectivity index (χ2v) is 5.45. The fourth-order valence-electron chi connectivity index (χ4n) is 2.53. The molecular formula is C14H19F2NO. The molecule has 0 amide bonds. The first kappa shape index (κ1) is 13.4. The van der Waals surface area contributed by atoms with Crippen LogP contribution in [0.25, 0.3) is 0 Å². The Balaban J connectivity index is 1.93. The lowest BCUT2D eigenvalue weighted by molar-refractivity contribution is -0.0979. The summed E-state index contributed by atoms with van der Waals surface area (Å²) in [5, 5.41) is 3.31. The van der Waals surface area contributed by atoms with Crippen molar-refractivity contribution in [3.63, 3.8) is 0 Å². The molecular weight excluding hydrogens is 236 g/mol. The molecule has 1 aliphatic rings. The molecule has 18 heavy (non-hydrogen) atoms. The monoisotopic (exact) mass is 255 g/mol. The quantitative estimate of drug-likeness (QED) is 0.893. The fraction of sp³-hybridized carbons (Fsp3) is 0.571. The van der Waals surface area contributed by atoms with Crippen LogP contribution in [0, 0.1) is 17.0 Å². The summed E-state index contributed by atoms with van der Waals surface area (Å²) in [6.07, 6.45) is 1.17. The van der Waals surface area contributed by atoms with Crippen LogP contribution in [0.4, 0.5) is 8.78 Å². The molecule has 0 saturated heterocycles. The molecule has 2 nitrogen and oxygen atoms in total. The van der Waals surface area contributed by atoms with Crippen LogP contribution in [-0.2, 0) is 11.3 Å². The molecule has 0 radical (unpaired) electrons. The molecule has 0 aromatic heterocycles. The zero-order valence-corrected chi connectivity index (χ0v) is 11.0. The normalized spacial score (nSPS) is 25.8. The largest absolute Gasteiger partial charge is 0.381 e. The lowest BCUT2D eigenvalue weighted by Crippen LogP contribution is -2.60. The SMILES string of the molecule is COC1CC(NCc2ccc(F)cc2F)C1(C)C. The summed E-state index contributed by atoms with van der Waals surface area (Å²) in [5.41, 5.74) is 0.540. The minimum Gasteiger partial charge on any atom is -0.381 e. The van der Waals surface area contributed by atoms with E-state index in [9.17, 15) is 8.78 Å². The maximum absolute atomic E-state index is 13.5. The summed E-state index contributed by atoms with van der Waals surface area (Å²) in [7, 11) is 1.71. The zero-order chi connectivity index (χ0) is 13.3. The van der Waals surface area contributed by atoms with E-state index in [1.54, 1.807) is 7.11 Å². The first-order valence-corrected chi connectivity index (χ1v) is 6.15. The van der Waals surface area contributed by atoms with Crippen LogP contribution in [0.1, 0.15) is 25.8 Å². The van der Waals surface area contributed by atoms with Crippen molar-refractivity contribution in [1.82, 2.24) is 5.32 Å². The lowest BCUT2D eigenvalue weighted by atomic mass is 9.64. The topological polar surface area (TPSA) is 21.3 Å². The Morgan fingerprint density at radius 2 is 2.11 bits per heavy atom. The summed E-state index contributed by atoms with van der Waals surface area (Å²) < 4.78 is 31.6. The van der Waals surface area contributed by atoms with Crippen molar-refractivity contribution < 1.29 is 13.5 Å². The number of halogens is 2. The number of nitrogens with one attached hydrogen (secondary N) is 1. The van der Waals surface area contributed by atoms with Crippen LogP contribution in [0.5, 0.6) is 0 Å². The van der Waals surface area contributed by atoms with Gasteiger partial charge in [0.2, 0.25) is 0 Å². The zero-order valence-electron chi connectivity index (χ0n) is 11.0. The summed E-state index contributed by atoms with van der Waals surface area (Å²) in [5.74, 6) is -1.04. The van der Waals surface area contributed by atoms with E-state index in [2.05, 4.69) is 19.2 Å². The van der Waals surface area contributed by atoms with Gasteiger partial charge in [-0.15, -0.1) is 0 Å². The number of methoxy groups -OCH3 is 1. The molecule has 1 N–H and O–H groups in total. The van der Waals surface area contributed by atoms with Gasteiger partial charge in [0.1, 0.15) is 11.6 Å². The van der Waals surface area contributed by atoms with E-state index in [1.807, 2.05) is 0 Å². The summed E-state index contributed by atoms with van der Waals surface area (Å²) >= 11 is 0. The molecule has 2 atom stereocenters. The molecule has 4 heteroatoms. The Kier molecular flexibility index (Phi) is 3.69. The fourth-order valence-corrected chi connectivity index (χ4v) is 2.53. The Morgan fingerprint density at radius 3 is 2.67 bits per heavy atom. The maximum Gasteiger partial charge on any atom is 0.130 e. The summed E-state index contributed by atoms with van der Waals surface area (Å²) in [4.78, 5) is 0. The van der Waals surface area contributed by atoms with Gasteiger partial charge in [-0.25, -0.2) is 8.78 Å². The molecule has 1 saturated carbocycles. The van der Waals surface area contributed by atoms with Crippen molar-refractivity contribution in [2.75, 3.05) is 7.11 Å². The van der Waals surface area contributed by atoms with E-state index in [4.69, 9.17) is 4.74 Å². The van der Waals surface area contributed by atoms with Gasteiger partial charge in [-0.3, -0.25) is 0 Å². The second kappa shape index (κ2) is 4.94. The smallest absolute Gasteiger partial charge is 0.130 e. The molecule has 2 unspecified atom stereocenters. The van der Waals surface area contributed by atoms with Gasteiger partial charge >= 0.3 is 0 Å². The predicted octanol–water partition coefficient (Wildman–Crippen LogP) is 2.87. The average molecular weight is 255 g/mol. The molecule has 0 spiro atoms. The first-order chi connectivity index (χ1) is 8.45. The number of hydrogen-bond donors (Lipinski definition) is 1. The average Bonchev–Trinajstić information content (AvgIpc) is 2.30. The van der Waals surface area contributed by atoms with E-state index in [0.717, 1.165) is 12.5 Å². The highest BCUT2D eigenvalue weighted by molar-refractivity contribution is 5.19. The molecule has 100 valence electrons. The lowest BCUT2D eigenvalue weighted by Gasteiger charge is -2.51. The second-order valence-electron chi connectivity index (χ2n) is 5.45. The van der Waals surface area contributed by atoms with Crippen molar-refractivity contribution in [3.8, 4) is 0 Å². The van der Waals surface area contributed by atoms with E-state index >= 15 is 0 Å². The molecule has 0 bridgehead atoms. The van der Waals surface area contributed by atoms with Gasteiger partial charge in [0.25, 0.3) is 0 Å². The van der Waals surface area contributed by atoms with E-state index in [0.29, 0.717) is 18.2 Å². The molecule has 0 heterocycles. The van der Waals surface area contributed by atoms with Crippen LogP contribution < -0.4 is 5.32 Å². The van der Waals surface area contributed by atoms with Gasteiger partial charge in [0.05, 0.1) is 6.10 Å². The van der Waals surface area contributed by atoms with Gasteiger partial charge in [-0.2, -0.15) is 0 Å². The van der Waals surface area contributed by atoms with Crippen molar-refractivity contribution in [3.05, 3.63) is 35.4 Å². The van der Waals surface area contributed by atoms with Crippen LogP contribution >= 0.6 is 0 Å². The van der Waals surface area contributed by atoms with Crippen LogP contribution in [-0.4, -0.2) is 19.3 Å². The van der Waals surface area contributed by atoms with Gasteiger partial charge in [-0.1, -0.05) is 19.9 Å². The first-order valence-electron chi connectivity index (χ1n) is 6.15. The number of ether oxygens (including phenoxy) is 1. The predicted molar refractivity (Wildman–Crippen MR) is 66.2 cm³/mol. The molecule has 1 aromatic carbocycles. The van der Waals surface area contributed by atoms with Crippen molar-refractivity contribution in [2.24, 2.45) is 5.41 Å². The third kappa shape index (κ3) is 2.40. The minimum absolute atomic E-state index is 0.0469. The van der Waals surface area contributed by atoms with Crippen LogP contribution in [0.3, 0.4) is 0 Å². The number of benzene rings is 1. The van der Waals surface area contributed by atoms with Crippen LogP contribution in [0.15, 0.2) is 18.2 Å². The van der Waals surface area contributed by atoms with Crippen LogP contribution in [0.2, 0.25) is 0 Å². The van der Waals surface area contributed by atoms with Crippen molar-refractivity contribution >= 4 is 0 Å². The van der Waals surface area contributed by atoms with E-state index in [-0.39, 0.29) is 11.5 Å². The Morgan fingerprint density at radius 1 is 1.39 bits per heavy atom. The molecule has 0 aliphatic heterocycles. The summed E-state index contributed by atoms with van der Waals surface area (Å²) in [6, 6.07) is 3.98. The standard InChI is InChI=1S/C14H19F2NO/c1-14(2)12(7-13(14)18-3)17-8-9-4-5-10(15)6-11(9)16/h4-6,12-13,17H,7-8H2,1-3H3. The summed E-state index contributed by atoms with van der Waals surface area (Å²) in [6.45, 7) is 4.67. The maximum atomic E-state index is 13.5. The third-order valence-corrected chi connectivity index (χ3v) is 4.02. The highest BCUT2D eigenvalue weighted by Gasteiger charge is 2.48. The Hall–Kier alpha value is -1.00. The van der Waals surface area contributed by atoms with E-state index in [1.165, 1.54) is 12.1 Å². The Labute approximate surface area is 106 Å². The van der Waals surface area contributed by atoms with Crippen molar-refractivity contribution in [2.45, 2.75) is 39.0 Å². The number of rotatable bonds is 4.